The molecule has 0 spiro atoms. The monoisotopic (exact) mass is 292 g/mol. The number of hydrogen-bond acceptors (Lipinski definition) is 3. The van der Waals surface area contributed by atoms with E-state index >= 15 is 0 Å². The molecule has 1 unspecified atom stereocenters. The molecule has 100 valence electrons. The van der Waals surface area contributed by atoms with E-state index in [0.29, 0.717) is 5.92 Å². The van der Waals surface area contributed by atoms with E-state index in [1.165, 1.54) is 16.0 Å². The van der Waals surface area contributed by atoms with E-state index in [-0.39, 0.29) is 0 Å². The molecule has 1 aromatic heterocycles. The Morgan fingerprint density at radius 2 is 2.16 bits per heavy atom. The Hall–Kier alpha value is -0.870. The SMILES string of the molecule is Clc1ccc(CNCC2CNCc3ccccc32)s1. The molecular formula is C15H17ClN2S. The first-order valence-corrected chi connectivity index (χ1v) is 7.76. The third kappa shape index (κ3) is 3.18. The highest BCUT2D eigenvalue weighted by Crippen LogP contribution is 2.24. The molecule has 1 aliphatic rings. The van der Waals surface area contributed by atoms with Gasteiger partial charge in [0.15, 0.2) is 0 Å². The van der Waals surface area contributed by atoms with Gasteiger partial charge in [-0.05, 0) is 23.3 Å². The molecule has 0 amide bonds. The van der Waals surface area contributed by atoms with Crippen molar-refractivity contribution in [1.29, 1.82) is 0 Å². The van der Waals surface area contributed by atoms with Crippen LogP contribution in [0, 0.1) is 0 Å². The molecule has 0 saturated carbocycles. The predicted molar refractivity (Wildman–Crippen MR) is 81.9 cm³/mol. The smallest absolute Gasteiger partial charge is 0.0931 e. The van der Waals surface area contributed by atoms with Gasteiger partial charge in [-0.15, -0.1) is 11.3 Å². The molecule has 0 bridgehead atoms. The van der Waals surface area contributed by atoms with E-state index in [0.717, 1.165) is 30.5 Å². The summed E-state index contributed by atoms with van der Waals surface area (Å²) in [5.74, 6) is 0.556. The summed E-state index contributed by atoms with van der Waals surface area (Å²) in [5, 5.41) is 7.02. The highest BCUT2D eigenvalue weighted by Gasteiger charge is 2.18. The largest absolute Gasteiger partial charge is 0.312 e. The van der Waals surface area contributed by atoms with Crippen molar-refractivity contribution >= 4 is 22.9 Å². The van der Waals surface area contributed by atoms with Gasteiger partial charge in [0.2, 0.25) is 0 Å². The van der Waals surface area contributed by atoms with E-state index < -0.39 is 0 Å². The van der Waals surface area contributed by atoms with Gasteiger partial charge in [0.05, 0.1) is 4.34 Å². The van der Waals surface area contributed by atoms with Gasteiger partial charge in [-0.25, -0.2) is 0 Å². The number of fused-ring (bicyclic) bond motifs is 1. The second-order valence-electron chi connectivity index (χ2n) is 4.86. The third-order valence-corrected chi connectivity index (χ3v) is 4.75. The molecule has 4 heteroatoms. The van der Waals surface area contributed by atoms with E-state index in [1.54, 1.807) is 11.3 Å². The summed E-state index contributed by atoms with van der Waals surface area (Å²) >= 11 is 7.58. The van der Waals surface area contributed by atoms with Gasteiger partial charge in [-0.3, -0.25) is 0 Å². The first kappa shape index (κ1) is 13.1. The van der Waals surface area contributed by atoms with Gasteiger partial charge < -0.3 is 10.6 Å². The molecule has 2 N–H and O–H groups in total. The van der Waals surface area contributed by atoms with Crippen molar-refractivity contribution in [1.82, 2.24) is 10.6 Å². The summed E-state index contributed by atoms with van der Waals surface area (Å²) in [5.41, 5.74) is 2.91. The zero-order valence-electron chi connectivity index (χ0n) is 10.7. The van der Waals surface area contributed by atoms with Crippen LogP contribution in [0.25, 0.3) is 0 Å². The van der Waals surface area contributed by atoms with Crippen LogP contribution in [-0.4, -0.2) is 13.1 Å². The van der Waals surface area contributed by atoms with E-state index in [2.05, 4.69) is 41.0 Å². The van der Waals surface area contributed by atoms with E-state index in [9.17, 15) is 0 Å². The molecule has 0 saturated heterocycles. The lowest BCUT2D eigenvalue weighted by Gasteiger charge is -2.26. The van der Waals surface area contributed by atoms with Gasteiger partial charge in [-0.1, -0.05) is 35.9 Å². The number of benzene rings is 1. The van der Waals surface area contributed by atoms with Crippen LogP contribution < -0.4 is 10.6 Å². The van der Waals surface area contributed by atoms with Crippen molar-refractivity contribution in [3.8, 4) is 0 Å². The summed E-state index contributed by atoms with van der Waals surface area (Å²) in [4.78, 5) is 1.29. The van der Waals surface area contributed by atoms with Crippen molar-refractivity contribution in [3.05, 3.63) is 56.7 Å². The summed E-state index contributed by atoms with van der Waals surface area (Å²) in [6, 6.07) is 12.8. The Labute approximate surface area is 122 Å². The average molecular weight is 293 g/mol. The average Bonchev–Trinajstić information content (AvgIpc) is 2.85. The molecule has 1 aromatic carbocycles. The standard InChI is InChI=1S/C15H17ClN2S/c16-15-6-5-13(19-15)10-18-9-12-8-17-7-11-3-1-2-4-14(11)12/h1-6,12,17-18H,7-10H2. The van der Waals surface area contributed by atoms with E-state index in [4.69, 9.17) is 11.6 Å². The molecule has 2 aromatic rings. The lowest BCUT2D eigenvalue weighted by molar-refractivity contribution is 0.504. The minimum atomic E-state index is 0.556. The maximum absolute atomic E-state index is 5.94. The molecule has 0 radical (unpaired) electrons. The van der Waals surface area contributed by atoms with Crippen LogP contribution in [0.4, 0.5) is 0 Å². The van der Waals surface area contributed by atoms with Crippen molar-refractivity contribution in [2.24, 2.45) is 0 Å². The van der Waals surface area contributed by atoms with E-state index in [1.807, 2.05) is 6.07 Å². The lowest BCUT2D eigenvalue weighted by atomic mass is 9.91. The van der Waals surface area contributed by atoms with Crippen LogP contribution in [0.3, 0.4) is 0 Å². The molecule has 0 aliphatic carbocycles. The first-order chi connectivity index (χ1) is 9.33. The Kier molecular flexibility index (Phi) is 4.18. The highest BCUT2D eigenvalue weighted by atomic mass is 35.5. The van der Waals surface area contributed by atoms with Gasteiger partial charge in [0.1, 0.15) is 0 Å². The molecular weight excluding hydrogens is 276 g/mol. The minimum absolute atomic E-state index is 0.556. The van der Waals surface area contributed by atoms with Crippen LogP contribution in [-0.2, 0) is 13.1 Å². The Morgan fingerprint density at radius 1 is 1.26 bits per heavy atom. The minimum Gasteiger partial charge on any atom is -0.312 e. The number of nitrogens with one attached hydrogen (secondary N) is 2. The fourth-order valence-corrected chi connectivity index (χ4v) is 3.64. The number of rotatable bonds is 4. The van der Waals surface area contributed by atoms with Crippen LogP contribution in [0.1, 0.15) is 21.9 Å². The predicted octanol–water partition coefficient (Wildman–Crippen LogP) is 3.38. The van der Waals surface area contributed by atoms with Crippen LogP contribution in [0.5, 0.6) is 0 Å². The molecule has 1 aliphatic heterocycles. The van der Waals surface area contributed by atoms with Crippen molar-refractivity contribution in [2.45, 2.75) is 19.0 Å². The van der Waals surface area contributed by atoms with Gasteiger partial charge >= 0.3 is 0 Å². The molecule has 1 atom stereocenters. The van der Waals surface area contributed by atoms with Gasteiger partial charge in [0, 0.05) is 37.0 Å². The van der Waals surface area contributed by atoms with Crippen LogP contribution in [0.2, 0.25) is 4.34 Å². The zero-order chi connectivity index (χ0) is 13.1. The molecule has 19 heavy (non-hydrogen) atoms. The van der Waals surface area contributed by atoms with Gasteiger partial charge in [0.25, 0.3) is 0 Å². The fourth-order valence-electron chi connectivity index (χ4n) is 2.58. The summed E-state index contributed by atoms with van der Waals surface area (Å²) in [6.07, 6.45) is 0. The number of halogens is 1. The lowest BCUT2D eigenvalue weighted by Crippen LogP contribution is -2.34. The maximum atomic E-state index is 5.94. The van der Waals surface area contributed by atoms with Crippen LogP contribution in [0.15, 0.2) is 36.4 Å². The normalized spacial score (nSPS) is 18.3. The Morgan fingerprint density at radius 3 is 3.00 bits per heavy atom. The van der Waals surface area contributed by atoms with Crippen LogP contribution >= 0.6 is 22.9 Å². The molecule has 3 rings (SSSR count). The second-order valence-corrected chi connectivity index (χ2v) is 6.66. The summed E-state index contributed by atoms with van der Waals surface area (Å²) in [7, 11) is 0. The Balaban J connectivity index is 1.59. The summed E-state index contributed by atoms with van der Waals surface area (Å²) < 4.78 is 0.862. The number of thiophene rings is 1. The van der Waals surface area contributed by atoms with Crippen molar-refractivity contribution in [2.75, 3.05) is 13.1 Å². The fraction of sp³-hybridized carbons (Fsp3) is 0.333. The zero-order valence-corrected chi connectivity index (χ0v) is 12.2. The molecule has 2 heterocycles. The Bertz CT molecular complexity index is 553. The quantitative estimate of drug-likeness (QED) is 0.903. The highest BCUT2D eigenvalue weighted by molar-refractivity contribution is 7.16. The molecule has 2 nitrogen and oxygen atoms in total. The third-order valence-electron chi connectivity index (χ3n) is 3.52. The topological polar surface area (TPSA) is 24.1 Å². The first-order valence-electron chi connectivity index (χ1n) is 6.56. The second kappa shape index (κ2) is 6.06. The van der Waals surface area contributed by atoms with Gasteiger partial charge in [-0.2, -0.15) is 0 Å². The number of hydrogen-bond donors (Lipinski definition) is 2. The van der Waals surface area contributed by atoms with Crippen molar-refractivity contribution in [3.63, 3.8) is 0 Å². The molecule has 0 fully saturated rings. The summed E-state index contributed by atoms with van der Waals surface area (Å²) in [6.45, 7) is 3.94. The maximum Gasteiger partial charge on any atom is 0.0931 e. The van der Waals surface area contributed by atoms with Crippen molar-refractivity contribution < 1.29 is 0 Å².